The summed E-state index contributed by atoms with van der Waals surface area (Å²) in [5.41, 5.74) is 2.69. The maximum Gasteiger partial charge on any atom is 0.229 e. The first-order valence-electron chi connectivity index (χ1n) is 7.03. The summed E-state index contributed by atoms with van der Waals surface area (Å²) in [6.45, 7) is 2.63. The maximum atomic E-state index is 12.1. The minimum Gasteiger partial charge on any atom is -0.355 e. The molecule has 1 atom stereocenters. The van der Waals surface area contributed by atoms with Gasteiger partial charge in [0.05, 0.1) is 5.92 Å². The van der Waals surface area contributed by atoms with Gasteiger partial charge in [0.25, 0.3) is 0 Å². The second-order valence-corrected chi connectivity index (χ2v) is 5.46. The highest BCUT2D eigenvalue weighted by atomic mass is 16.2. The van der Waals surface area contributed by atoms with Crippen molar-refractivity contribution in [1.82, 2.24) is 5.32 Å². The first-order valence-corrected chi connectivity index (χ1v) is 7.03. The zero-order chi connectivity index (χ0) is 15.0. The van der Waals surface area contributed by atoms with Gasteiger partial charge in [0.1, 0.15) is 0 Å². The van der Waals surface area contributed by atoms with E-state index in [9.17, 15) is 14.4 Å². The van der Waals surface area contributed by atoms with Gasteiger partial charge < -0.3 is 15.5 Å². The lowest BCUT2D eigenvalue weighted by atomic mass is 10.1. The number of hydrogen-bond acceptors (Lipinski definition) is 3. The lowest BCUT2D eigenvalue weighted by molar-refractivity contribution is -0.123. The third-order valence-electron chi connectivity index (χ3n) is 3.97. The van der Waals surface area contributed by atoms with Crippen molar-refractivity contribution in [2.24, 2.45) is 5.92 Å². The number of nitrogens with one attached hydrogen (secondary N) is 2. The summed E-state index contributed by atoms with van der Waals surface area (Å²) in [4.78, 5) is 36.4. The van der Waals surface area contributed by atoms with Crippen molar-refractivity contribution in [3.8, 4) is 0 Å². The molecule has 3 rings (SSSR count). The molecule has 1 unspecified atom stereocenters. The molecule has 3 amide bonds. The second-order valence-electron chi connectivity index (χ2n) is 5.46. The van der Waals surface area contributed by atoms with Gasteiger partial charge in [0, 0.05) is 37.8 Å². The van der Waals surface area contributed by atoms with Gasteiger partial charge in [-0.2, -0.15) is 0 Å². The number of hydrogen-bond donors (Lipinski definition) is 2. The molecule has 0 bridgehead atoms. The van der Waals surface area contributed by atoms with Crippen molar-refractivity contribution in [2.45, 2.75) is 19.8 Å². The molecule has 2 N–H and O–H groups in total. The minimum absolute atomic E-state index is 0.0288. The fourth-order valence-corrected chi connectivity index (χ4v) is 2.84. The molecule has 110 valence electrons. The lowest BCUT2D eigenvalue weighted by Crippen LogP contribution is -2.26. The highest BCUT2D eigenvalue weighted by Crippen LogP contribution is 2.30. The number of amides is 3. The Labute approximate surface area is 122 Å². The summed E-state index contributed by atoms with van der Waals surface area (Å²) in [6.07, 6.45) is 1.04. The van der Waals surface area contributed by atoms with Gasteiger partial charge in [0.2, 0.25) is 17.7 Å². The molecule has 0 saturated carbocycles. The van der Waals surface area contributed by atoms with E-state index in [0.717, 1.165) is 17.7 Å². The molecule has 21 heavy (non-hydrogen) atoms. The maximum absolute atomic E-state index is 12.1. The molecule has 2 aliphatic rings. The topological polar surface area (TPSA) is 78.5 Å². The smallest absolute Gasteiger partial charge is 0.229 e. The Morgan fingerprint density at radius 3 is 2.86 bits per heavy atom. The average Bonchev–Trinajstić information content (AvgIpc) is 3.04. The van der Waals surface area contributed by atoms with Crippen molar-refractivity contribution in [1.29, 1.82) is 0 Å². The summed E-state index contributed by atoms with van der Waals surface area (Å²) in [7, 11) is 0. The zero-order valence-electron chi connectivity index (χ0n) is 11.8. The van der Waals surface area contributed by atoms with Crippen LogP contribution in [0, 0.1) is 5.92 Å². The number of anilines is 2. The number of carbonyl (C=O) groups is 3. The molecule has 2 heterocycles. The van der Waals surface area contributed by atoms with E-state index in [0.29, 0.717) is 18.8 Å². The van der Waals surface area contributed by atoms with Gasteiger partial charge in [-0.25, -0.2) is 0 Å². The molecule has 0 aromatic heterocycles. The number of nitrogens with zero attached hydrogens (tertiary/aromatic N) is 1. The third-order valence-corrected chi connectivity index (χ3v) is 3.97. The Kier molecular flexibility index (Phi) is 3.37. The Morgan fingerprint density at radius 1 is 1.38 bits per heavy atom. The lowest BCUT2D eigenvalue weighted by Gasteiger charge is -2.15. The van der Waals surface area contributed by atoms with E-state index in [-0.39, 0.29) is 30.1 Å². The van der Waals surface area contributed by atoms with Crippen LogP contribution in [-0.2, 0) is 20.8 Å². The monoisotopic (exact) mass is 287 g/mol. The predicted molar refractivity (Wildman–Crippen MR) is 77.9 cm³/mol. The standard InChI is InChI=1S/C15H17N3O3/c1-9(19)18-5-4-10-6-12(2-3-13(10)18)17-15(21)11-7-14(20)16-8-11/h2-3,6,11H,4-5,7-8H2,1H3,(H,16,20)(H,17,21). The molecule has 6 heteroatoms. The van der Waals surface area contributed by atoms with Crippen LogP contribution in [0.5, 0.6) is 0 Å². The van der Waals surface area contributed by atoms with E-state index in [1.165, 1.54) is 0 Å². The molecular weight excluding hydrogens is 270 g/mol. The van der Waals surface area contributed by atoms with Crippen LogP contribution in [0.1, 0.15) is 18.9 Å². The fourth-order valence-electron chi connectivity index (χ4n) is 2.84. The zero-order valence-corrected chi connectivity index (χ0v) is 11.8. The van der Waals surface area contributed by atoms with E-state index in [2.05, 4.69) is 10.6 Å². The van der Waals surface area contributed by atoms with E-state index in [1.54, 1.807) is 17.9 Å². The molecular formula is C15H17N3O3. The number of fused-ring (bicyclic) bond motifs is 1. The highest BCUT2D eigenvalue weighted by molar-refractivity contribution is 5.98. The van der Waals surface area contributed by atoms with Gasteiger partial charge in [0.15, 0.2) is 0 Å². The van der Waals surface area contributed by atoms with Crippen LogP contribution in [0.2, 0.25) is 0 Å². The summed E-state index contributed by atoms with van der Waals surface area (Å²) < 4.78 is 0. The summed E-state index contributed by atoms with van der Waals surface area (Å²) in [5.74, 6) is -0.503. The summed E-state index contributed by atoms with van der Waals surface area (Å²) in [6, 6.07) is 5.56. The van der Waals surface area contributed by atoms with Crippen LogP contribution in [0.25, 0.3) is 0 Å². The van der Waals surface area contributed by atoms with Crippen LogP contribution < -0.4 is 15.5 Å². The second kappa shape index (κ2) is 5.20. The van der Waals surface area contributed by atoms with Gasteiger partial charge in [-0.15, -0.1) is 0 Å². The predicted octanol–water partition coefficient (Wildman–Crippen LogP) is 0.670. The molecule has 6 nitrogen and oxygen atoms in total. The van der Waals surface area contributed by atoms with Crippen LogP contribution in [0.15, 0.2) is 18.2 Å². The largest absolute Gasteiger partial charge is 0.355 e. The van der Waals surface area contributed by atoms with Gasteiger partial charge in [-0.3, -0.25) is 14.4 Å². The van der Waals surface area contributed by atoms with Gasteiger partial charge in [-0.1, -0.05) is 0 Å². The van der Waals surface area contributed by atoms with E-state index >= 15 is 0 Å². The number of benzene rings is 1. The SMILES string of the molecule is CC(=O)N1CCc2cc(NC(=O)C3CNC(=O)C3)ccc21. The first kappa shape index (κ1) is 13.6. The number of rotatable bonds is 2. The van der Waals surface area contributed by atoms with Crippen LogP contribution in [0.3, 0.4) is 0 Å². The van der Waals surface area contributed by atoms with Crippen LogP contribution in [-0.4, -0.2) is 30.8 Å². The molecule has 1 aromatic rings. The van der Waals surface area contributed by atoms with E-state index in [4.69, 9.17) is 0 Å². The fraction of sp³-hybridized carbons (Fsp3) is 0.400. The van der Waals surface area contributed by atoms with Crippen LogP contribution >= 0.6 is 0 Å². The molecule has 0 aliphatic carbocycles. The van der Waals surface area contributed by atoms with Crippen molar-refractivity contribution in [3.05, 3.63) is 23.8 Å². The molecule has 0 spiro atoms. The number of carbonyl (C=O) groups excluding carboxylic acids is 3. The minimum atomic E-state index is -0.306. The molecule has 2 aliphatic heterocycles. The van der Waals surface area contributed by atoms with Gasteiger partial charge >= 0.3 is 0 Å². The highest BCUT2D eigenvalue weighted by Gasteiger charge is 2.28. The third kappa shape index (κ3) is 2.61. The normalized spacial score (nSPS) is 20.1. The van der Waals surface area contributed by atoms with Crippen molar-refractivity contribution >= 4 is 29.1 Å². The molecule has 1 fully saturated rings. The summed E-state index contributed by atoms with van der Waals surface area (Å²) >= 11 is 0. The average molecular weight is 287 g/mol. The summed E-state index contributed by atoms with van der Waals surface area (Å²) in [5, 5.41) is 5.50. The van der Waals surface area contributed by atoms with Crippen LogP contribution in [0.4, 0.5) is 11.4 Å². The quantitative estimate of drug-likeness (QED) is 0.839. The van der Waals surface area contributed by atoms with Crippen molar-refractivity contribution in [2.75, 3.05) is 23.3 Å². The molecule has 1 aromatic carbocycles. The van der Waals surface area contributed by atoms with Gasteiger partial charge in [-0.05, 0) is 30.2 Å². The van der Waals surface area contributed by atoms with E-state index < -0.39 is 0 Å². The Hall–Kier alpha value is -2.37. The molecule has 1 saturated heterocycles. The Bertz CT molecular complexity index is 627. The van der Waals surface area contributed by atoms with Crippen molar-refractivity contribution in [3.63, 3.8) is 0 Å². The Morgan fingerprint density at radius 2 is 2.19 bits per heavy atom. The first-order chi connectivity index (χ1) is 10.0. The van der Waals surface area contributed by atoms with Crippen molar-refractivity contribution < 1.29 is 14.4 Å². The van der Waals surface area contributed by atoms with E-state index in [1.807, 2.05) is 12.1 Å². The Balaban J connectivity index is 1.72. The molecule has 0 radical (unpaired) electrons.